The van der Waals surface area contributed by atoms with Crippen molar-refractivity contribution < 1.29 is 34.2 Å². The number of aliphatic carboxylic acids is 1. The van der Waals surface area contributed by atoms with Crippen LogP contribution < -0.4 is 5.73 Å². The number of carboxylic acids is 1. The van der Waals surface area contributed by atoms with Gasteiger partial charge in [-0.3, -0.25) is 4.79 Å². The van der Waals surface area contributed by atoms with Gasteiger partial charge in [-0.2, -0.15) is 0 Å². The predicted octanol–water partition coefficient (Wildman–Crippen LogP) is -0.890. The number of primary amides is 1. The van der Waals surface area contributed by atoms with E-state index in [1.165, 1.54) is 0 Å². The summed E-state index contributed by atoms with van der Waals surface area (Å²) in [5, 5.41) is 7.87. The van der Waals surface area contributed by atoms with Crippen molar-refractivity contribution in [1.82, 2.24) is 0 Å². The first-order valence-electron chi connectivity index (χ1n) is 1.83. The Morgan fingerprint density at radius 3 is 1.89 bits per heavy atom. The van der Waals surface area contributed by atoms with E-state index in [0.717, 1.165) is 6.08 Å². The van der Waals surface area contributed by atoms with E-state index in [0.29, 0.717) is 6.08 Å². The third-order valence-electron chi connectivity index (χ3n) is 0.390. The minimum absolute atomic E-state index is 0. The number of hydrogen-bond acceptors (Lipinski definition) is 2. The summed E-state index contributed by atoms with van der Waals surface area (Å²) < 4.78 is 0. The van der Waals surface area contributed by atoms with E-state index in [9.17, 15) is 9.59 Å². The Kier molecular flexibility index (Phi) is 6.74. The maximum Gasteiger partial charge on any atom is 0.328 e. The van der Waals surface area contributed by atoms with Crippen LogP contribution in [0.1, 0.15) is 0 Å². The molecule has 0 aromatic rings. The largest absolute Gasteiger partial charge is 0.478 e. The first-order chi connectivity index (χ1) is 3.63. The van der Waals surface area contributed by atoms with Crippen molar-refractivity contribution in [3.05, 3.63) is 12.2 Å². The van der Waals surface area contributed by atoms with Crippen molar-refractivity contribution in [2.24, 2.45) is 5.73 Å². The van der Waals surface area contributed by atoms with Gasteiger partial charge in [0.25, 0.3) is 0 Å². The van der Waals surface area contributed by atoms with Gasteiger partial charge in [0.1, 0.15) is 0 Å². The number of carbonyl (C=O) groups excluding carboxylic acids is 1. The second-order valence-corrected chi connectivity index (χ2v) is 1.07. The van der Waals surface area contributed by atoms with Crippen molar-refractivity contribution in [2.45, 2.75) is 0 Å². The molecule has 0 saturated heterocycles. The standard InChI is InChI=1S/C4H5NO3.Zn/c5-3(6)1-2-4(7)8;/h1-2H,(H2,5,6)(H,7,8);/b2-1-;. The summed E-state index contributed by atoms with van der Waals surface area (Å²) in [6.45, 7) is 0. The Bertz CT molecular complexity index is 127. The number of nitrogens with two attached hydrogens (primary N) is 1. The Balaban J connectivity index is 0. The Labute approximate surface area is 64.5 Å². The summed E-state index contributed by atoms with van der Waals surface area (Å²) in [5.41, 5.74) is 4.55. The van der Waals surface area contributed by atoms with E-state index >= 15 is 0 Å². The van der Waals surface area contributed by atoms with Crippen LogP contribution in [0, 0.1) is 0 Å². The molecule has 0 spiro atoms. The number of carboxylic acid groups (broad SMARTS) is 1. The van der Waals surface area contributed by atoms with Gasteiger partial charge in [-0.15, -0.1) is 0 Å². The van der Waals surface area contributed by atoms with Gasteiger partial charge < -0.3 is 10.8 Å². The molecule has 0 aromatic heterocycles. The summed E-state index contributed by atoms with van der Waals surface area (Å²) in [5.74, 6) is -1.93. The molecule has 0 rings (SSSR count). The zero-order valence-corrected chi connectivity index (χ0v) is 7.67. The molecule has 0 aliphatic rings. The van der Waals surface area contributed by atoms with Crippen LogP contribution in [0.25, 0.3) is 0 Å². The van der Waals surface area contributed by atoms with Gasteiger partial charge >= 0.3 is 5.97 Å². The average Bonchev–Trinajstić information content (AvgIpc) is 1.61. The van der Waals surface area contributed by atoms with Crippen molar-refractivity contribution >= 4 is 11.9 Å². The second-order valence-electron chi connectivity index (χ2n) is 1.07. The molecule has 0 saturated carbocycles. The van der Waals surface area contributed by atoms with Crippen LogP contribution in [-0.2, 0) is 29.1 Å². The summed E-state index contributed by atoms with van der Waals surface area (Å²) in [6, 6.07) is 0. The molecule has 0 aromatic carbocycles. The molecule has 0 bridgehead atoms. The summed E-state index contributed by atoms with van der Waals surface area (Å²) in [6.07, 6.45) is 1.46. The molecule has 9 heavy (non-hydrogen) atoms. The molecule has 0 aliphatic carbocycles. The quantitative estimate of drug-likeness (QED) is 0.427. The van der Waals surface area contributed by atoms with Gasteiger partial charge in [-0.25, -0.2) is 4.79 Å². The maximum absolute atomic E-state index is 9.78. The molecule has 1 amide bonds. The molecule has 0 atom stereocenters. The van der Waals surface area contributed by atoms with Crippen LogP contribution in [-0.4, -0.2) is 17.0 Å². The summed E-state index contributed by atoms with van der Waals surface area (Å²) in [7, 11) is 0. The van der Waals surface area contributed by atoms with Crippen molar-refractivity contribution in [1.29, 1.82) is 0 Å². The Hall–Kier alpha value is -0.697. The van der Waals surface area contributed by atoms with Gasteiger partial charge in [0.2, 0.25) is 5.91 Å². The second kappa shape index (κ2) is 5.44. The molecule has 0 unspecified atom stereocenters. The van der Waals surface area contributed by atoms with E-state index in [4.69, 9.17) is 5.11 Å². The monoisotopic (exact) mass is 179 g/mol. The van der Waals surface area contributed by atoms with Crippen LogP contribution in [0.15, 0.2) is 12.2 Å². The summed E-state index contributed by atoms with van der Waals surface area (Å²) >= 11 is 0. The van der Waals surface area contributed by atoms with Gasteiger partial charge in [0, 0.05) is 31.6 Å². The molecule has 5 heteroatoms. The molecule has 4 nitrogen and oxygen atoms in total. The Morgan fingerprint density at radius 2 is 1.78 bits per heavy atom. The normalized spacial score (nSPS) is 8.44. The summed E-state index contributed by atoms with van der Waals surface area (Å²) in [4.78, 5) is 19.4. The molecular formula is C4H5NO3Zn. The minimum atomic E-state index is -1.18. The third-order valence-corrected chi connectivity index (χ3v) is 0.390. The average molecular weight is 180 g/mol. The van der Waals surface area contributed by atoms with E-state index in [2.05, 4.69) is 5.73 Å². The fraction of sp³-hybridized carbons (Fsp3) is 0. The fourth-order valence-corrected chi connectivity index (χ4v) is 0.153. The number of amides is 1. The molecule has 3 N–H and O–H groups in total. The van der Waals surface area contributed by atoms with Gasteiger partial charge in [0.05, 0.1) is 0 Å². The minimum Gasteiger partial charge on any atom is -0.478 e. The first-order valence-corrected chi connectivity index (χ1v) is 1.83. The molecular weight excluding hydrogens is 175 g/mol. The van der Waals surface area contributed by atoms with Gasteiger partial charge in [0.15, 0.2) is 0 Å². The fourth-order valence-electron chi connectivity index (χ4n) is 0.153. The molecule has 0 heterocycles. The van der Waals surface area contributed by atoms with Crippen molar-refractivity contribution in [3.63, 3.8) is 0 Å². The number of carbonyl (C=O) groups is 2. The molecule has 0 aliphatic heterocycles. The smallest absolute Gasteiger partial charge is 0.328 e. The van der Waals surface area contributed by atoms with E-state index in [1.54, 1.807) is 0 Å². The predicted molar refractivity (Wildman–Crippen MR) is 26.0 cm³/mol. The van der Waals surface area contributed by atoms with Gasteiger partial charge in [-0.05, 0) is 0 Å². The van der Waals surface area contributed by atoms with Gasteiger partial charge in [-0.1, -0.05) is 0 Å². The van der Waals surface area contributed by atoms with E-state index in [1.807, 2.05) is 0 Å². The SMILES string of the molecule is NC(=O)/C=C\C(=O)O.[Zn]. The first kappa shape index (κ1) is 11.1. The van der Waals surface area contributed by atoms with Crippen molar-refractivity contribution in [2.75, 3.05) is 0 Å². The molecule has 46 valence electrons. The molecule has 0 radical (unpaired) electrons. The van der Waals surface area contributed by atoms with Crippen LogP contribution in [0.3, 0.4) is 0 Å². The van der Waals surface area contributed by atoms with Crippen LogP contribution >= 0.6 is 0 Å². The van der Waals surface area contributed by atoms with E-state index < -0.39 is 11.9 Å². The molecule has 0 fully saturated rings. The van der Waals surface area contributed by atoms with Crippen LogP contribution in [0.2, 0.25) is 0 Å². The third kappa shape index (κ3) is 11.1. The van der Waals surface area contributed by atoms with Crippen molar-refractivity contribution in [3.8, 4) is 0 Å². The topological polar surface area (TPSA) is 80.4 Å². The van der Waals surface area contributed by atoms with E-state index in [-0.39, 0.29) is 19.5 Å². The Morgan fingerprint density at radius 1 is 1.33 bits per heavy atom. The number of rotatable bonds is 2. The number of hydrogen-bond donors (Lipinski definition) is 2. The van der Waals surface area contributed by atoms with Crippen LogP contribution in [0.4, 0.5) is 0 Å². The zero-order valence-electron chi connectivity index (χ0n) is 4.70. The zero-order chi connectivity index (χ0) is 6.57. The maximum atomic E-state index is 9.78. The van der Waals surface area contributed by atoms with Crippen LogP contribution in [0.5, 0.6) is 0 Å².